The Kier molecular flexibility index (Phi) is 3.10. The zero-order chi connectivity index (χ0) is 12.4. The predicted molar refractivity (Wildman–Crippen MR) is 66.7 cm³/mol. The highest BCUT2D eigenvalue weighted by Gasteiger charge is 2.17. The lowest BCUT2D eigenvalue weighted by Crippen LogP contribution is -2.08. The molecule has 6 heteroatoms. The van der Waals surface area contributed by atoms with E-state index in [1.54, 1.807) is 11.0 Å². The molecule has 2 aromatic rings. The average Bonchev–Trinajstić information content (AvgIpc) is 3.10. The molecule has 3 rings (SSSR count). The molecule has 1 saturated carbocycles. The molecule has 18 heavy (non-hydrogen) atoms. The van der Waals surface area contributed by atoms with E-state index < -0.39 is 0 Å². The summed E-state index contributed by atoms with van der Waals surface area (Å²) in [6.45, 7) is 1.04. The lowest BCUT2D eigenvalue weighted by molar-refractivity contribution is 0.460. The summed E-state index contributed by atoms with van der Waals surface area (Å²) in [4.78, 5) is 4.11. The molecule has 0 saturated heterocycles. The van der Waals surface area contributed by atoms with Crippen molar-refractivity contribution in [3.8, 4) is 0 Å². The third kappa shape index (κ3) is 2.28. The minimum atomic E-state index is 0.378. The summed E-state index contributed by atoms with van der Waals surface area (Å²) < 4.78 is 3.88. The second-order valence-electron chi connectivity index (χ2n) is 4.79. The van der Waals surface area contributed by atoms with E-state index in [1.807, 2.05) is 0 Å². The maximum atomic E-state index is 5.49. The zero-order valence-corrected chi connectivity index (χ0v) is 10.4. The fourth-order valence-electron chi connectivity index (χ4n) is 2.50. The van der Waals surface area contributed by atoms with Gasteiger partial charge in [0.15, 0.2) is 5.82 Å². The van der Waals surface area contributed by atoms with Gasteiger partial charge in [0.05, 0.1) is 24.8 Å². The van der Waals surface area contributed by atoms with Crippen LogP contribution >= 0.6 is 0 Å². The Hall–Kier alpha value is -1.69. The summed E-state index contributed by atoms with van der Waals surface area (Å²) >= 11 is 0. The van der Waals surface area contributed by atoms with Gasteiger partial charge in [0, 0.05) is 6.20 Å². The van der Waals surface area contributed by atoms with Crippen LogP contribution in [0.3, 0.4) is 0 Å². The second kappa shape index (κ2) is 4.89. The number of nitrogens with zero attached hydrogens (tertiary/aromatic N) is 5. The molecule has 96 valence electrons. The standard InChI is InChI=1S/C12H18N6/c13-7-12-14-9-17(16-12)8-10-5-6-18(15-10)11-3-1-2-4-11/h5-6,9,11H,1-4,7-8,13H2. The Morgan fingerprint density at radius 1 is 1.28 bits per heavy atom. The van der Waals surface area contributed by atoms with Crippen LogP contribution in [-0.4, -0.2) is 24.5 Å². The molecule has 0 unspecified atom stereocenters. The van der Waals surface area contributed by atoms with E-state index in [2.05, 4.69) is 32.1 Å². The molecule has 1 aliphatic carbocycles. The molecule has 2 N–H and O–H groups in total. The molecule has 0 amide bonds. The van der Waals surface area contributed by atoms with Gasteiger partial charge in [-0.05, 0) is 18.9 Å². The Balaban J connectivity index is 1.69. The fourth-order valence-corrected chi connectivity index (χ4v) is 2.50. The molecule has 0 aliphatic heterocycles. The van der Waals surface area contributed by atoms with E-state index in [-0.39, 0.29) is 0 Å². The average molecular weight is 246 g/mol. The van der Waals surface area contributed by atoms with Crippen LogP contribution in [-0.2, 0) is 13.1 Å². The van der Waals surface area contributed by atoms with Crippen molar-refractivity contribution in [3.05, 3.63) is 30.1 Å². The third-order valence-corrected chi connectivity index (χ3v) is 3.45. The number of hydrogen-bond donors (Lipinski definition) is 1. The first-order chi connectivity index (χ1) is 8.85. The van der Waals surface area contributed by atoms with E-state index in [0.29, 0.717) is 25.0 Å². The molecule has 6 nitrogen and oxygen atoms in total. The minimum Gasteiger partial charge on any atom is -0.324 e. The minimum absolute atomic E-state index is 0.378. The monoisotopic (exact) mass is 246 g/mol. The fraction of sp³-hybridized carbons (Fsp3) is 0.583. The highest BCUT2D eigenvalue weighted by Crippen LogP contribution is 2.28. The Labute approximate surface area is 106 Å². The van der Waals surface area contributed by atoms with Gasteiger partial charge in [-0.25, -0.2) is 9.67 Å². The Bertz CT molecular complexity index is 508. The molecule has 2 heterocycles. The van der Waals surface area contributed by atoms with E-state index in [1.165, 1.54) is 25.7 Å². The first kappa shape index (κ1) is 11.4. The quantitative estimate of drug-likeness (QED) is 0.876. The van der Waals surface area contributed by atoms with Gasteiger partial charge in [-0.3, -0.25) is 4.68 Å². The first-order valence-corrected chi connectivity index (χ1v) is 6.47. The van der Waals surface area contributed by atoms with Gasteiger partial charge in [-0.1, -0.05) is 12.8 Å². The van der Waals surface area contributed by atoms with Crippen molar-refractivity contribution >= 4 is 0 Å². The maximum Gasteiger partial charge on any atom is 0.164 e. The molecule has 0 spiro atoms. The largest absolute Gasteiger partial charge is 0.324 e. The van der Waals surface area contributed by atoms with Crippen LogP contribution in [0.4, 0.5) is 0 Å². The van der Waals surface area contributed by atoms with Gasteiger partial charge < -0.3 is 5.73 Å². The lowest BCUT2D eigenvalue weighted by Gasteiger charge is -2.08. The van der Waals surface area contributed by atoms with Crippen molar-refractivity contribution in [2.45, 2.75) is 44.8 Å². The van der Waals surface area contributed by atoms with Crippen LogP contribution in [0.1, 0.15) is 43.2 Å². The van der Waals surface area contributed by atoms with Crippen molar-refractivity contribution in [1.29, 1.82) is 0 Å². The van der Waals surface area contributed by atoms with Crippen molar-refractivity contribution in [2.75, 3.05) is 0 Å². The summed E-state index contributed by atoms with van der Waals surface area (Å²) in [5, 5.41) is 8.88. The maximum absolute atomic E-state index is 5.49. The Morgan fingerprint density at radius 3 is 2.83 bits per heavy atom. The van der Waals surface area contributed by atoms with Crippen LogP contribution in [0.15, 0.2) is 18.6 Å². The van der Waals surface area contributed by atoms with Crippen molar-refractivity contribution in [1.82, 2.24) is 24.5 Å². The highest BCUT2D eigenvalue weighted by atomic mass is 15.4. The first-order valence-electron chi connectivity index (χ1n) is 6.47. The molecule has 2 aromatic heterocycles. The molecule has 1 fully saturated rings. The summed E-state index contributed by atoms with van der Waals surface area (Å²) in [5.74, 6) is 0.672. The van der Waals surface area contributed by atoms with Crippen LogP contribution in [0, 0.1) is 0 Å². The van der Waals surface area contributed by atoms with Crippen molar-refractivity contribution in [3.63, 3.8) is 0 Å². The molecule has 1 aliphatic rings. The smallest absolute Gasteiger partial charge is 0.164 e. The van der Waals surface area contributed by atoms with Gasteiger partial charge in [-0.15, -0.1) is 0 Å². The molecule has 0 aromatic carbocycles. The molecule has 0 radical (unpaired) electrons. The van der Waals surface area contributed by atoms with Crippen LogP contribution in [0.25, 0.3) is 0 Å². The molecule has 0 bridgehead atoms. The van der Waals surface area contributed by atoms with E-state index in [9.17, 15) is 0 Å². The lowest BCUT2D eigenvalue weighted by atomic mass is 10.3. The summed E-state index contributed by atoms with van der Waals surface area (Å²) in [6.07, 6.45) is 8.93. The summed E-state index contributed by atoms with van der Waals surface area (Å²) in [6, 6.07) is 2.65. The zero-order valence-electron chi connectivity index (χ0n) is 10.4. The van der Waals surface area contributed by atoms with E-state index >= 15 is 0 Å². The Morgan fingerprint density at radius 2 is 2.11 bits per heavy atom. The van der Waals surface area contributed by atoms with Gasteiger partial charge in [0.2, 0.25) is 0 Å². The normalized spacial score (nSPS) is 16.5. The highest BCUT2D eigenvalue weighted by molar-refractivity contribution is 5.01. The second-order valence-corrected chi connectivity index (χ2v) is 4.79. The molecular formula is C12H18N6. The number of hydrogen-bond acceptors (Lipinski definition) is 4. The van der Waals surface area contributed by atoms with Gasteiger partial charge >= 0.3 is 0 Å². The third-order valence-electron chi connectivity index (χ3n) is 3.45. The molecular weight excluding hydrogens is 228 g/mol. The van der Waals surface area contributed by atoms with Gasteiger partial charge in [0.25, 0.3) is 0 Å². The van der Waals surface area contributed by atoms with Crippen molar-refractivity contribution < 1.29 is 0 Å². The summed E-state index contributed by atoms with van der Waals surface area (Å²) in [7, 11) is 0. The van der Waals surface area contributed by atoms with E-state index in [0.717, 1.165) is 5.69 Å². The number of nitrogens with two attached hydrogens (primary N) is 1. The SMILES string of the molecule is NCc1ncn(Cc2ccn(C3CCCC3)n2)n1. The van der Waals surface area contributed by atoms with Gasteiger partial charge in [-0.2, -0.15) is 10.2 Å². The number of rotatable bonds is 4. The van der Waals surface area contributed by atoms with Crippen LogP contribution in [0.2, 0.25) is 0 Å². The van der Waals surface area contributed by atoms with E-state index in [4.69, 9.17) is 5.73 Å². The van der Waals surface area contributed by atoms with Crippen molar-refractivity contribution in [2.24, 2.45) is 5.73 Å². The summed E-state index contributed by atoms with van der Waals surface area (Å²) in [5.41, 5.74) is 6.51. The van der Waals surface area contributed by atoms with Gasteiger partial charge in [0.1, 0.15) is 6.33 Å². The predicted octanol–water partition coefficient (Wildman–Crippen LogP) is 1.10. The van der Waals surface area contributed by atoms with Crippen LogP contribution < -0.4 is 5.73 Å². The topological polar surface area (TPSA) is 74.5 Å². The van der Waals surface area contributed by atoms with Crippen LogP contribution in [0.5, 0.6) is 0 Å². The molecule has 0 atom stereocenters. The number of aromatic nitrogens is 5.